The van der Waals surface area contributed by atoms with Gasteiger partial charge >= 0.3 is 0 Å². The number of aromatic nitrogens is 2. The fraction of sp³-hybridized carbons (Fsp3) is 0.364. The van der Waals surface area contributed by atoms with E-state index in [9.17, 15) is 9.59 Å². The van der Waals surface area contributed by atoms with Gasteiger partial charge in [-0.15, -0.1) is 0 Å². The molecular weight excluding hydrogens is 418 g/mol. The molecule has 0 unspecified atom stereocenters. The van der Waals surface area contributed by atoms with Crippen LogP contribution in [0.3, 0.4) is 0 Å². The standard InChI is InChI=1S/C22H24ClN5O3/c1-15-14-28(12-9-24)22(30)20(26-15)19(13-25-2)21(29)27-10-7-18(8-11-27)31-17-5-3-16(23)4-6-17/h3-6,13-14,18,25H,7-8,10-12H2,1-2H3. The Balaban J connectivity index is 1.74. The van der Waals surface area contributed by atoms with Crippen LogP contribution in [0, 0.1) is 18.3 Å². The SMILES string of the molecule is CNC=C(C(=O)N1CCC(Oc2ccc(Cl)cc2)CC1)c1nc(C)cn(CC#N)c1=O. The van der Waals surface area contributed by atoms with Crippen LogP contribution in [0.4, 0.5) is 0 Å². The monoisotopic (exact) mass is 441 g/mol. The van der Waals surface area contributed by atoms with Crippen LogP contribution in [0.5, 0.6) is 5.75 Å². The highest BCUT2D eigenvalue weighted by Crippen LogP contribution is 2.23. The van der Waals surface area contributed by atoms with E-state index in [-0.39, 0.29) is 29.8 Å². The van der Waals surface area contributed by atoms with E-state index >= 15 is 0 Å². The van der Waals surface area contributed by atoms with Gasteiger partial charge in [0.25, 0.3) is 11.5 Å². The minimum absolute atomic E-state index is 0.00749. The second kappa shape index (κ2) is 10.1. The number of rotatable bonds is 6. The van der Waals surface area contributed by atoms with Gasteiger partial charge < -0.3 is 15.0 Å². The van der Waals surface area contributed by atoms with Crippen LogP contribution >= 0.6 is 11.6 Å². The lowest BCUT2D eigenvalue weighted by Gasteiger charge is -2.32. The zero-order valence-corrected chi connectivity index (χ0v) is 18.2. The number of amides is 1. The van der Waals surface area contributed by atoms with Gasteiger partial charge in [-0.2, -0.15) is 5.26 Å². The van der Waals surface area contributed by atoms with Gasteiger partial charge in [-0.3, -0.25) is 14.2 Å². The smallest absolute Gasteiger partial charge is 0.278 e. The van der Waals surface area contributed by atoms with Crippen molar-refractivity contribution in [2.24, 2.45) is 0 Å². The van der Waals surface area contributed by atoms with Crippen molar-refractivity contribution in [3.8, 4) is 11.8 Å². The predicted molar refractivity (Wildman–Crippen MR) is 118 cm³/mol. The predicted octanol–water partition coefficient (Wildman–Crippen LogP) is 2.36. The van der Waals surface area contributed by atoms with Gasteiger partial charge in [0.15, 0.2) is 0 Å². The number of ether oxygens (including phenoxy) is 1. The number of likely N-dealkylation sites (tertiary alicyclic amines) is 1. The van der Waals surface area contributed by atoms with E-state index in [1.54, 1.807) is 31.0 Å². The van der Waals surface area contributed by atoms with Crippen LogP contribution in [0.1, 0.15) is 24.2 Å². The number of nitrogens with one attached hydrogen (secondary N) is 1. The molecule has 0 aliphatic carbocycles. The molecule has 3 rings (SSSR count). The summed E-state index contributed by atoms with van der Waals surface area (Å²) in [4.78, 5) is 32.0. The van der Waals surface area contributed by atoms with Crippen molar-refractivity contribution < 1.29 is 9.53 Å². The molecule has 0 radical (unpaired) electrons. The zero-order valence-electron chi connectivity index (χ0n) is 17.5. The molecule has 9 heteroatoms. The Morgan fingerprint density at radius 2 is 2.03 bits per heavy atom. The number of piperidine rings is 1. The fourth-order valence-corrected chi connectivity index (χ4v) is 3.60. The van der Waals surface area contributed by atoms with E-state index in [0.29, 0.717) is 36.6 Å². The third kappa shape index (κ3) is 5.44. The van der Waals surface area contributed by atoms with Crippen LogP contribution in [0.25, 0.3) is 5.57 Å². The molecule has 2 aromatic rings. The second-order valence-corrected chi connectivity index (χ2v) is 7.67. The first-order valence-electron chi connectivity index (χ1n) is 9.97. The van der Waals surface area contributed by atoms with E-state index in [1.807, 2.05) is 18.2 Å². The Morgan fingerprint density at radius 1 is 1.35 bits per heavy atom. The number of hydrogen-bond donors (Lipinski definition) is 1. The van der Waals surface area contributed by atoms with Crippen LogP contribution in [0.2, 0.25) is 5.02 Å². The molecule has 1 saturated heterocycles. The van der Waals surface area contributed by atoms with Crippen LogP contribution in [0.15, 0.2) is 41.5 Å². The van der Waals surface area contributed by atoms with Crippen molar-refractivity contribution in [1.82, 2.24) is 19.8 Å². The summed E-state index contributed by atoms with van der Waals surface area (Å²) in [6, 6.07) is 9.15. The summed E-state index contributed by atoms with van der Waals surface area (Å²) in [5.74, 6) is 0.463. The number of hydrogen-bond acceptors (Lipinski definition) is 6. The Bertz CT molecular complexity index is 1060. The van der Waals surface area contributed by atoms with Gasteiger partial charge in [-0.05, 0) is 31.2 Å². The minimum atomic E-state index is -0.469. The molecule has 0 spiro atoms. The number of nitrogens with zero attached hydrogens (tertiary/aromatic N) is 4. The van der Waals surface area contributed by atoms with Gasteiger partial charge in [0.05, 0.1) is 17.3 Å². The third-order valence-corrected chi connectivity index (χ3v) is 5.21. The van der Waals surface area contributed by atoms with Crippen molar-refractivity contribution in [1.29, 1.82) is 5.26 Å². The quantitative estimate of drug-likeness (QED) is 0.690. The van der Waals surface area contributed by atoms with Gasteiger partial charge in [-0.25, -0.2) is 4.98 Å². The highest BCUT2D eigenvalue weighted by molar-refractivity contribution is 6.30. The lowest BCUT2D eigenvalue weighted by atomic mass is 10.1. The van der Waals surface area contributed by atoms with E-state index in [4.69, 9.17) is 21.6 Å². The molecule has 0 atom stereocenters. The number of carbonyl (C=O) groups is 1. The summed E-state index contributed by atoms with van der Waals surface area (Å²) in [5, 5.41) is 12.5. The first-order valence-corrected chi connectivity index (χ1v) is 10.3. The summed E-state index contributed by atoms with van der Waals surface area (Å²) >= 11 is 5.91. The number of nitriles is 1. The third-order valence-electron chi connectivity index (χ3n) is 4.96. The van der Waals surface area contributed by atoms with Crippen molar-refractivity contribution in [3.63, 3.8) is 0 Å². The average molecular weight is 442 g/mol. The van der Waals surface area contributed by atoms with Gasteiger partial charge in [0.2, 0.25) is 0 Å². The molecule has 31 heavy (non-hydrogen) atoms. The normalized spacial score (nSPS) is 14.8. The molecule has 0 bridgehead atoms. The summed E-state index contributed by atoms with van der Waals surface area (Å²) in [7, 11) is 1.66. The van der Waals surface area contributed by atoms with E-state index in [0.717, 1.165) is 5.75 Å². The second-order valence-electron chi connectivity index (χ2n) is 7.23. The van der Waals surface area contributed by atoms with Crippen LogP contribution in [-0.4, -0.2) is 46.6 Å². The number of benzene rings is 1. The zero-order chi connectivity index (χ0) is 22.4. The maximum absolute atomic E-state index is 13.2. The maximum atomic E-state index is 13.2. The summed E-state index contributed by atoms with van der Waals surface area (Å²) < 4.78 is 7.25. The molecule has 162 valence electrons. The molecule has 1 amide bonds. The van der Waals surface area contributed by atoms with E-state index in [1.165, 1.54) is 17.0 Å². The molecule has 1 aromatic carbocycles. The minimum Gasteiger partial charge on any atom is -0.490 e. The lowest BCUT2D eigenvalue weighted by Crippen LogP contribution is -2.43. The van der Waals surface area contributed by atoms with Gasteiger partial charge in [0.1, 0.15) is 24.1 Å². The molecule has 1 fully saturated rings. The molecule has 0 saturated carbocycles. The fourth-order valence-electron chi connectivity index (χ4n) is 3.47. The summed E-state index contributed by atoms with van der Waals surface area (Å²) in [6.07, 6.45) is 4.32. The Labute approximate surface area is 185 Å². The Morgan fingerprint density at radius 3 is 2.65 bits per heavy atom. The first-order chi connectivity index (χ1) is 14.9. The first kappa shape index (κ1) is 22.4. The number of aryl methyl sites for hydroxylation is 1. The van der Waals surface area contributed by atoms with E-state index < -0.39 is 5.56 Å². The van der Waals surface area contributed by atoms with Crippen molar-refractivity contribution >= 4 is 23.1 Å². The van der Waals surface area contributed by atoms with Crippen molar-refractivity contribution in [2.75, 3.05) is 20.1 Å². The van der Waals surface area contributed by atoms with Gasteiger partial charge in [-0.1, -0.05) is 11.6 Å². The maximum Gasteiger partial charge on any atom is 0.278 e. The molecule has 8 nitrogen and oxygen atoms in total. The lowest BCUT2D eigenvalue weighted by molar-refractivity contribution is -0.126. The van der Waals surface area contributed by atoms with Crippen LogP contribution < -0.4 is 15.6 Å². The molecule has 2 heterocycles. The Hall–Kier alpha value is -3.31. The molecular formula is C22H24ClN5O3. The largest absolute Gasteiger partial charge is 0.490 e. The van der Waals surface area contributed by atoms with Crippen molar-refractivity contribution in [3.05, 3.63) is 63.4 Å². The molecule has 1 aliphatic rings. The summed E-state index contributed by atoms with van der Waals surface area (Å²) in [5.41, 5.74) is 0.298. The highest BCUT2D eigenvalue weighted by atomic mass is 35.5. The average Bonchev–Trinajstić information content (AvgIpc) is 2.76. The molecule has 1 N–H and O–H groups in total. The number of carbonyl (C=O) groups excluding carboxylic acids is 1. The molecule has 1 aromatic heterocycles. The Kier molecular flexibility index (Phi) is 7.32. The van der Waals surface area contributed by atoms with Crippen molar-refractivity contribution in [2.45, 2.75) is 32.4 Å². The number of halogens is 1. The van der Waals surface area contributed by atoms with Crippen LogP contribution in [-0.2, 0) is 11.3 Å². The van der Waals surface area contributed by atoms with E-state index in [2.05, 4.69) is 10.3 Å². The molecule has 1 aliphatic heterocycles. The topological polar surface area (TPSA) is 100 Å². The highest BCUT2D eigenvalue weighted by Gasteiger charge is 2.28. The van der Waals surface area contributed by atoms with Gasteiger partial charge in [0, 0.05) is 50.4 Å². The summed E-state index contributed by atoms with van der Waals surface area (Å²) in [6.45, 7) is 2.61.